The first kappa shape index (κ1) is 23.1. The third-order valence-corrected chi connectivity index (χ3v) is 5.59. The highest BCUT2D eigenvalue weighted by Gasteiger charge is 2.35. The SMILES string of the molecule is CC(CC(=O)N(CC(=O)N(Cc1ccccc1)Cc1ccco1)C1CC1)CC(C)(C)C. The van der Waals surface area contributed by atoms with E-state index in [1.54, 1.807) is 11.2 Å². The van der Waals surface area contributed by atoms with Gasteiger partial charge in [-0.2, -0.15) is 0 Å². The van der Waals surface area contributed by atoms with Crippen LogP contribution in [-0.2, 0) is 22.7 Å². The maximum absolute atomic E-state index is 13.3. The van der Waals surface area contributed by atoms with Crippen molar-refractivity contribution in [2.24, 2.45) is 11.3 Å². The fourth-order valence-electron chi connectivity index (χ4n) is 4.21. The summed E-state index contributed by atoms with van der Waals surface area (Å²) in [7, 11) is 0. The van der Waals surface area contributed by atoms with Crippen molar-refractivity contribution in [3.8, 4) is 0 Å². The van der Waals surface area contributed by atoms with Gasteiger partial charge in [0.25, 0.3) is 0 Å². The molecule has 2 aromatic rings. The molecule has 1 atom stereocenters. The number of carbonyl (C=O) groups is 2. The molecule has 5 heteroatoms. The van der Waals surface area contributed by atoms with Gasteiger partial charge in [0, 0.05) is 19.0 Å². The van der Waals surface area contributed by atoms with Crippen molar-refractivity contribution in [1.29, 1.82) is 0 Å². The number of nitrogens with zero attached hydrogens (tertiary/aromatic N) is 2. The zero-order chi connectivity index (χ0) is 22.4. The van der Waals surface area contributed by atoms with E-state index < -0.39 is 0 Å². The zero-order valence-electron chi connectivity index (χ0n) is 19.3. The highest BCUT2D eigenvalue weighted by molar-refractivity contribution is 5.85. The summed E-state index contributed by atoms with van der Waals surface area (Å²) in [5.41, 5.74) is 1.25. The predicted octanol–water partition coefficient (Wildman–Crippen LogP) is 5.26. The predicted molar refractivity (Wildman–Crippen MR) is 122 cm³/mol. The minimum absolute atomic E-state index is 0.0380. The van der Waals surface area contributed by atoms with Gasteiger partial charge in [-0.3, -0.25) is 9.59 Å². The summed E-state index contributed by atoms with van der Waals surface area (Å²) in [5, 5.41) is 0. The second-order valence-electron chi connectivity index (χ2n) is 10.1. The monoisotopic (exact) mass is 424 g/mol. The first-order valence-electron chi connectivity index (χ1n) is 11.3. The number of hydrogen-bond donors (Lipinski definition) is 0. The van der Waals surface area contributed by atoms with E-state index >= 15 is 0 Å². The van der Waals surface area contributed by atoms with E-state index in [9.17, 15) is 9.59 Å². The van der Waals surface area contributed by atoms with Gasteiger partial charge in [-0.05, 0) is 48.3 Å². The van der Waals surface area contributed by atoms with Crippen LogP contribution in [0.3, 0.4) is 0 Å². The normalized spacial score (nSPS) is 14.8. The van der Waals surface area contributed by atoms with E-state index in [0.29, 0.717) is 25.4 Å². The first-order chi connectivity index (χ1) is 14.7. The van der Waals surface area contributed by atoms with Crippen LogP contribution < -0.4 is 0 Å². The lowest BCUT2D eigenvalue weighted by Gasteiger charge is -2.29. The van der Waals surface area contributed by atoms with Gasteiger partial charge in [-0.1, -0.05) is 58.0 Å². The van der Waals surface area contributed by atoms with E-state index in [1.807, 2.05) is 47.4 Å². The quantitative estimate of drug-likeness (QED) is 0.523. The Balaban J connectivity index is 1.67. The topological polar surface area (TPSA) is 53.8 Å². The van der Waals surface area contributed by atoms with Crippen LogP contribution in [0.25, 0.3) is 0 Å². The molecule has 0 radical (unpaired) electrons. The van der Waals surface area contributed by atoms with Crippen molar-refractivity contribution in [3.63, 3.8) is 0 Å². The van der Waals surface area contributed by atoms with Gasteiger partial charge in [0.15, 0.2) is 0 Å². The molecule has 0 spiro atoms. The van der Waals surface area contributed by atoms with Crippen LogP contribution in [0.1, 0.15) is 64.7 Å². The molecular formula is C26H36N2O3. The lowest BCUT2D eigenvalue weighted by atomic mass is 9.84. The first-order valence-corrected chi connectivity index (χ1v) is 11.3. The van der Waals surface area contributed by atoms with E-state index in [-0.39, 0.29) is 29.8 Å². The van der Waals surface area contributed by atoms with Gasteiger partial charge in [0.2, 0.25) is 11.8 Å². The molecule has 1 aromatic heterocycles. The average Bonchev–Trinajstić information content (AvgIpc) is 3.40. The Morgan fingerprint density at radius 2 is 1.74 bits per heavy atom. The van der Waals surface area contributed by atoms with Crippen molar-refractivity contribution >= 4 is 11.8 Å². The third kappa shape index (κ3) is 7.57. The Morgan fingerprint density at radius 3 is 2.32 bits per heavy atom. The van der Waals surface area contributed by atoms with Crippen molar-refractivity contribution in [3.05, 3.63) is 60.1 Å². The molecule has 1 aliphatic carbocycles. The highest BCUT2D eigenvalue weighted by Crippen LogP contribution is 2.30. The average molecular weight is 425 g/mol. The Bertz CT molecular complexity index is 835. The number of rotatable bonds is 10. The number of hydrogen-bond acceptors (Lipinski definition) is 3. The molecule has 0 aliphatic heterocycles. The Labute approximate surface area is 186 Å². The summed E-state index contributed by atoms with van der Waals surface area (Å²) >= 11 is 0. The molecule has 1 unspecified atom stereocenters. The number of benzene rings is 1. The molecule has 1 fully saturated rings. The van der Waals surface area contributed by atoms with Crippen LogP contribution >= 0.6 is 0 Å². The summed E-state index contributed by atoms with van der Waals surface area (Å²) < 4.78 is 5.49. The van der Waals surface area contributed by atoms with Crippen LogP contribution in [0.5, 0.6) is 0 Å². The Morgan fingerprint density at radius 1 is 1.03 bits per heavy atom. The molecule has 168 valence electrons. The molecular weight excluding hydrogens is 388 g/mol. The third-order valence-electron chi connectivity index (χ3n) is 5.59. The van der Waals surface area contributed by atoms with Crippen molar-refractivity contribution in [2.45, 2.75) is 72.5 Å². The van der Waals surface area contributed by atoms with E-state index in [0.717, 1.165) is 30.6 Å². The Hall–Kier alpha value is -2.56. The molecule has 1 aromatic carbocycles. The number of furan rings is 1. The molecule has 1 saturated carbocycles. The van der Waals surface area contributed by atoms with Gasteiger partial charge in [-0.15, -0.1) is 0 Å². The number of carbonyl (C=O) groups excluding carboxylic acids is 2. The van der Waals surface area contributed by atoms with Gasteiger partial charge in [-0.25, -0.2) is 0 Å². The largest absolute Gasteiger partial charge is 0.467 e. The van der Waals surface area contributed by atoms with Gasteiger partial charge in [0.1, 0.15) is 12.3 Å². The summed E-state index contributed by atoms with van der Waals surface area (Å²) in [6.45, 7) is 9.76. The molecule has 1 heterocycles. The van der Waals surface area contributed by atoms with Gasteiger partial charge >= 0.3 is 0 Å². The summed E-state index contributed by atoms with van der Waals surface area (Å²) in [6.07, 6.45) is 5.09. The summed E-state index contributed by atoms with van der Waals surface area (Å²) in [4.78, 5) is 30.0. The summed E-state index contributed by atoms with van der Waals surface area (Å²) in [6, 6.07) is 13.9. The molecule has 2 amide bonds. The standard InChI is InChI=1S/C26H36N2O3/c1-20(16-26(2,3)4)15-24(29)28(22-12-13-22)19-25(30)27(18-23-11-8-14-31-23)17-21-9-6-5-7-10-21/h5-11,14,20,22H,12-13,15-19H2,1-4H3. The highest BCUT2D eigenvalue weighted by atomic mass is 16.3. The van der Waals surface area contributed by atoms with Gasteiger partial charge < -0.3 is 14.2 Å². The van der Waals surface area contributed by atoms with Crippen molar-refractivity contribution < 1.29 is 14.0 Å². The lowest BCUT2D eigenvalue weighted by Crippen LogP contribution is -2.44. The van der Waals surface area contributed by atoms with E-state index in [4.69, 9.17) is 4.42 Å². The molecule has 5 nitrogen and oxygen atoms in total. The van der Waals surface area contributed by atoms with Gasteiger partial charge in [0.05, 0.1) is 12.8 Å². The van der Waals surface area contributed by atoms with E-state index in [2.05, 4.69) is 27.7 Å². The minimum atomic E-state index is -0.0380. The van der Waals surface area contributed by atoms with Crippen molar-refractivity contribution in [1.82, 2.24) is 9.80 Å². The number of amides is 2. The maximum atomic E-state index is 13.3. The molecule has 0 N–H and O–H groups in total. The minimum Gasteiger partial charge on any atom is -0.467 e. The smallest absolute Gasteiger partial charge is 0.242 e. The van der Waals surface area contributed by atoms with Crippen LogP contribution in [0.4, 0.5) is 0 Å². The molecule has 0 saturated heterocycles. The lowest BCUT2D eigenvalue weighted by molar-refractivity contribution is -0.142. The molecule has 31 heavy (non-hydrogen) atoms. The zero-order valence-corrected chi connectivity index (χ0v) is 19.3. The maximum Gasteiger partial charge on any atom is 0.242 e. The van der Waals surface area contributed by atoms with Crippen molar-refractivity contribution in [2.75, 3.05) is 6.54 Å². The molecule has 0 bridgehead atoms. The molecule has 3 rings (SSSR count). The second kappa shape index (κ2) is 10.2. The molecule has 1 aliphatic rings. The fourth-order valence-corrected chi connectivity index (χ4v) is 4.21. The van der Waals surface area contributed by atoms with Crippen LogP contribution in [0.15, 0.2) is 53.1 Å². The Kier molecular flexibility index (Phi) is 7.58. The summed E-state index contributed by atoms with van der Waals surface area (Å²) in [5.74, 6) is 1.11. The second-order valence-corrected chi connectivity index (χ2v) is 10.1. The van der Waals surface area contributed by atoms with Crippen LogP contribution in [0.2, 0.25) is 0 Å². The van der Waals surface area contributed by atoms with E-state index in [1.165, 1.54) is 0 Å². The van der Waals surface area contributed by atoms with Crippen LogP contribution in [0, 0.1) is 11.3 Å². The van der Waals surface area contributed by atoms with Crippen LogP contribution in [-0.4, -0.2) is 34.2 Å². The fraction of sp³-hybridized carbons (Fsp3) is 0.538.